The number of nitrogens with one attached hydrogen (secondary N) is 2. The van der Waals surface area contributed by atoms with Crippen molar-refractivity contribution >= 4 is 23.2 Å². The lowest BCUT2D eigenvalue weighted by Gasteiger charge is -2.09. The van der Waals surface area contributed by atoms with Crippen molar-refractivity contribution in [3.63, 3.8) is 0 Å². The van der Waals surface area contributed by atoms with E-state index in [1.807, 2.05) is 56.4 Å². The zero-order valence-electron chi connectivity index (χ0n) is 12.2. The summed E-state index contributed by atoms with van der Waals surface area (Å²) in [6.07, 6.45) is 0.788. The van der Waals surface area contributed by atoms with Gasteiger partial charge in [0, 0.05) is 29.9 Å². The van der Waals surface area contributed by atoms with Gasteiger partial charge in [-0.05, 0) is 54.8 Å². The number of rotatable bonds is 5. The minimum atomic E-state index is -0.0379. The smallest absolute Gasteiger partial charge is 0.251 e. The molecule has 4 heteroatoms. The third kappa shape index (κ3) is 4.23. The van der Waals surface area contributed by atoms with E-state index < -0.39 is 0 Å². The Bertz CT molecular complexity index is 623. The van der Waals surface area contributed by atoms with Crippen molar-refractivity contribution < 1.29 is 4.79 Å². The zero-order valence-corrected chi connectivity index (χ0v) is 13.0. The molecular formula is C17H19ClN2O. The lowest BCUT2D eigenvalue weighted by Crippen LogP contribution is -2.26. The number of carbonyl (C=O) groups excluding carboxylic acids is 1. The second-order valence-electron chi connectivity index (χ2n) is 4.91. The Labute approximate surface area is 130 Å². The molecule has 2 aromatic carbocycles. The highest BCUT2D eigenvalue weighted by Gasteiger charge is 2.08. The van der Waals surface area contributed by atoms with Gasteiger partial charge >= 0.3 is 0 Å². The van der Waals surface area contributed by atoms with Gasteiger partial charge in [-0.25, -0.2) is 0 Å². The molecule has 2 N–H and O–H groups in total. The molecule has 0 aliphatic heterocycles. The summed E-state index contributed by atoms with van der Waals surface area (Å²) in [6, 6.07) is 13.4. The van der Waals surface area contributed by atoms with Crippen LogP contribution < -0.4 is 10.6 Å². The molecule has 0 atom stereocenters. The summed E-state index contributed by atoms with van der Waals surface area (Å²) in [5.74, 6) is -0.0379. The van der Waals surface area contributed by atoms with Crippen LogP contribution in [0.25, 0.3) is 0 Å². The van der Waals surface area contributed by atoms with Crippen molar-refractivity contribution in [1.29, 1.82) is 0 Å². The van der Waals surface area contributed by atoms with Crippen LogP contribution in [-0.4, -0.2) is 19.5 Å². The maximum Gasteiger partial charge on any atom is 0.251 e. The highest BCUT2D eigenvalue weighted by atomic mass is 35.5. The van der Waals surface area contributed by atoms with Crippen molar-refractivity contribution in [3.8, 4) is 0 Å². The van der Waals surface area contributed by atoms with Crippen molar-refractivity contribution in [2.24, 2.45) is 0 Å². The van der Waals surface area contributed by atoms with E-state index in [0.29, 0.717) is 12.1 Å². The van der Waals surface area contributed by atoms with E-state index in [-0.39, 0.29) is 5.91 Å². The summed E-state index contributed by atoms with van der Waals surface area (Å²) in [5.41, 5.74) is 3.84. The van der Waals surface area contributed by atoms with E-state index in [1.54, 1.807) is 0 Å². The fourth-order valence-electron chi connectivity index (χ4n) is 2.14. The molecule has 2 rings (SSSR count). The summed E-state index contributed by atoms with van der Waals surface area (Å²) >= 11 is 5.84. The molecule has 0 spiro atoms. The molecule has 0 saturated carbocycles. The van der Waals surface area contributed by atoms with E-state index in [1.165, 1.54) is 0 Å². The SMILES string of the molecule is CNc1ccc(C(=O)NCCc2ccc(Cl)cc2)c(C)c1. The molecule has 0 radical (unpaired) electrons. The molecule has 0 aliphatic rings. The average molecular weight is 303 g/mol. The third-order valence-electron chi connectivity index (χ3n) is 3.37. The normalized spacial score (nSPS) is 10.2. The van der Waals surface area contributed by atoms with Crippen LogP contribution >= 0.6 is 11.6 Å². The number of amides is 1. The van der Waals surface area contributed by atoms with E-state index in [0.717, 1.165) is 28.3 Å². The van der Waals surface area contributed by atoms with Gasteiger partial charge in [0.05, 0.1) is 0 Å². The van der Waals surface area contributed by atoms with Gasteiger partial charge in [-0.3, -0.25) is 4.79 Å². The van der Waals surface area contributed by atoms with Crippen LogP contribution in [0.1, 0.15) is 21.5 Å². The van der Waals surface area contributed by atoms with Crippen LogP contribution in [0.4, 0.5) is 5.69 Å². The molecular weight excluding hydrogens is 284 g/mol. The van der Waals surface area contributed by atoms with Crippen LogP contribution in [0.2, 0.25) is 5.02 Å². The van der Waals surface area contributed by atoms with Gasteiger partial charge in [-0.15, -0.1) is 0 Å². The van der Waals surface area contributed by atoms with Crippen LogP contribution in [0.15, 0.2) is 42.5 Å². The van der Waals surface area contributed by atoms with Crippen molar-refractivity contribution in [2.75, 3.05) is 18.9 Å². The van der Waals surface area contributed by atoms with Crippen molar-refractivity contribution in [2.45, 2.75) is 13.3 Å². The Hall–Kier alpha value is -2.00. The minimum absolute atomic E-state index is 0.0379. The molecule has 0 aromatic heterocycles. The molecule has 0 unspecified atom stereocenters. The first kappa shape index (κ1) is 15.4. The molecule has 3 nitrogen and oxygen atoms in total. The number of benzene rings is 2. The minimum Gasteiger partial charge on any atom is -0.388 e. The van der Waals surface area contributed by atoms with Crippen LogP contribution in [0.5, 0.6) is 0 Å². The summed E-state index contributed by atoms with van der Waals surface area (Å²) in [7, 11) is 1.86. The van der Waals surface area contributed by atoms with E-state index in [4.69, 9.17) is 11.6 Å². The number of anilines is 1. The van der Waals surface area contributed by atoms with Gasteiger partial charge in [0.2, 0.25) is 0 Å². The standard InChI is InChI=1S/C17H19ClN2O/c1-12-11-15(19-2)7-8-16(12)17(21)20-10-9-13-3-5-14(18)6-4-13/h3-8,11,19H,9-10H2,1-2H3,(H,20,21). The predicted molar refractivity (Wildman–Crippen MR) is 88.2 cm³/mol. The van der Waals surface area contributed by atoms with Gasteiger partial charge in [0.15, 0.2) is 0 Å². The van der Waals surface area contributed by atoms with Gasteiger partial charge in [-0.2, -0.15) is 0 Å². The van der Waals surface area contributed by atoms with Gasteiger partial charge < -0.3 is 10.6 Å². The topological polar surface area (TPSA) is 41.1 Å². The first-order valence-corrected chi connectivity index (χ1v) is 7.29. The molecule has 0 saturated heterocycles. The molecule has 0 heterocycles. The quantitative estimate of drug-likeness (QED) is 0.885. The molecule has 21 heavy (non-hydrogen) atoms. The number of carbonyl (C=O) groups is 1. The van der Waals surface area contributed by atoms with Crippen LogP contribution in [0, 0.1) is 6.92 Å². The summed E-state index contributed by atoms with van der Waals surface area (Å²) < 4.78 is 0. The second-order valence-corrected chi connectivity index (χ2v) is 5.35. The highest BCUT2D eigenvalue weighted by Crippen LogP contribution is 2.14. The third-order valence-corrected chi connectivity index (χ3v) is 3.62. The Balaban J connectivity index is 1.91. The molecule has 0 fully saturated rings. The molecule has 1 amide bonds. The number of hydrogen-bond donors (Lipinski definition) is 2. The largest absolute Gasteiger partial charge is 0.388 e. The lowest BCUT2D eigenvalue weighted by atomic mass is 10.1. The Morgan fingerprint density at radius 1 is 1.14 bits per heavy atom. The second kappa shape index (κ2) is 7.14. The Morgan fingerprint density at radius 2 is 1.86 bits per heavy atom. The fraction of sp³-hybridized carbons (Fsp3) is 0.235. The monoisotopic (exact) mass is 302 g/mol. The average Bonchev–Trinajstić information content (AvgIpc) is 2.49. The van der Waals surface area contributed by atoms with E-state index in [2.05, 4.69) is 10.6 Å². The summed E-state index contributed by atoms with van der Waals surface area (Å²) in [6.45, 7) is 2.54. The first-order chi connectivity index (χ1) is 10.1. The van der Waals surface area contributed by atoms with Crippen LogP contribution in [-0.2, 0) is 6.42 Å². The number of halogens is 1. The zero-order chi connectivity index (χ0) is 15.2. The highest BCUT2D eigenvalue weighted by molar-refractivity contribution is 6.30. The predicted octanol–water partition coefficient (Wildman–Crippen LogP) is 3.66. The van der Waals surface area contributed by atoms with E-state index >= 15 is 0 Å². The molecule has 0 aliphatic carbocycles. The van der Waals surface area contributed by atoms with Gasteiger partial charge in [0.1, 0.15) is 0 Å². The molecule has 2 aromatic rings. The van der Waals surface area contributed by atoms with E-state index in [9.17, 15) is 4.79 Å². The van der Waals surface area contributed by atoms with Gasteiger partial charge in [-0.1, -0.05) is 23.7 Å². The number of hydrogen-bond acceptors (Lipinski definition) is 2. The summed E-state index contributed by atoms with van der Waals surface area (Å²) in [4.78, 5) is 12.2. The van der Waals surface area contributed by atoms with Gasteiger partial charge in [0.25, 0.3) is 5.91 Å². The number of aryl methyl sites for hydroxylation is 1. The molecule has 110 valence electrons. The molecule has 0 bridgehead atoms. The lowest BCUT2D eigenvalue weighted by molar-refractivity contribution is 0.0953. The first-order valence-electron chi connectivity index (χ1n) is 6.91. The fourth-order valence-corrected chi connectivity index (χ4v) is 2.27. The summed E-state index contributed by atoms with van der Waals surface area (Å²) in [5, 5.41) is 6.73. The van der Waals surface area contributed by atoms with Crippen LogP contribution in [0.3, 0.4) is 0 Å². The Morgan fingerprint density at radius 3 is 2.48 bits per heavy atom. The van der Waals surface area contributed by atoms with Crippen molar-refractivity contribution in [3.05, 3.63) is 64.2 Å². The Kier molecular flexibility index (Phi) is 5.23. The maximum atomic E-state index is 12.2. The maximum absolute atomic E-state index is 12.2. The van der Waals surface area contributed by atoms with Crippen molar-refractivity contribution in [1.82, 2.24) is 5.32 Å².